The van der Waals surface area contributed by atoms with E-state index >= 15 is 0 Å². The molecule has 6 heavy (non-hydrogen) atoms. The lowest BCUT2D eigenvalue weighted by molar-refractivity contribution is 0.274. The molecule has 1 rings (SSSR count). The third-order valence-electron chi connectivity index (χ3n) is 1.62. The Kier molecular flexibility index (Phi) is 0.845. The van der Waals surface area contributed by atoms with E-state index in [-0.39, 0.29) is 0 Å². The zero-order valence-corrected chi connectivity index (χ0v) is 4.36. The molecule has 2 atom stereocenters. The van der Waals surface area contributed by atoms with Crippen LogP contribution in [0.5, 0.6) is 0 Å². The molecule has 0 radical (unpaired) electrons. The van der Waals surface area contributed by atoms with Gasteiger partial charge in [-0.15, -0.1) is 0 Å². The van der Waals surface area contributed by atoms with Crippen LogP contribution in [0.4, 0.5) is 0 Å². The molecule has 1 saturated heterocycles. The predicted octanol–water partition coefficient (Wildman–Crippen LogP) is 0.614. The molecule has 1 unspecified atom stereocenters. The van der Waals surface area contributed by atoms with Gasteiger partial charge in [-0.05, 0) is 19.4 Å². The van der Waals surface area contributed by atoms with Gasteiger partial charge in [-0.3, -0.25) is 0 Å². The van der Waals surface area contributed by atoms with Crippen LogP contribution in [-0.2, 0) is 0 Å². The summed E-state index contributed by atoms with van der Waals surface area (Å²) in [6.45, 7) is 5.70. The summed E-state index contributed by atoms with van der Waals surface area (Å²) >= 11 is 0. The monoisotopic (exact) mass is 85.1 g/mol. The minimum absolute atomic E-state index is 0.782. The summed E-state index contributed by atoms with van der Waals surface area (Å²) < 4.78 is 0. The van der Waals surface area contributed by atoms with Gasteiger partial charge in [0.15, 0.2) is 0 Å². The van der Waals surface area contributed by atoms with Crippen molar-refractivity contribution in [3.05, 3.63) is 0 Å². The van der Waals surface area contributed by atoms with Crippen LogP contribution >= 0.6 is 0 Å². The Balaban J connectivity index is 2.20. The summed E-state index contributed by atoms with van der Waals surface area (Å²) in [5, 5.41) is 3.26. The fraction of sp³-hybridized carbons (Fsp3) is 1.00. The molecule has 1 aliphatic heterocycles. The van der Waals surface area contributed by atoms with Crippen molar-refractivity contribution >= 4 is 0 Å². The molecule has 0 aromatic heterocycles. The smallest absolute Gasteiger partial charge is 0.00765 e. The molecule has 1 heterocycles. The molecule has 0 saturated carbocycles. The third kappa shape index (κ3) is 0.432. The fourth-order valence-electron chi connectivity index (χ4n) is 0.589. The van der Waals surface area contributed by atoms with Crippen LogP contribution in [-0.4, -0.2) is 12.6 Å². The molecule has 0 spiro atoms. The van der Waals surface area contributed by atoms with E-state index in [4.69, 9.17) is 0 Å². The summed E-state index contributed by atoms with van der Waals surface area (Å²) in [7, 11) is 0. The Hall–Kier alpha value is -0.0400. The Labute approximate surface area is 38.7 Å². The molecule has 36 valence electrons. The van der Waals surface area contributed by atoms with Crippen molar-refractivity contribution in [3.63, 3.8) is 0 Å². The van der Waals surface area contributed by atoms with Crippen molar-refractivity contribution in [2.75, 3.05) is 6.54 Å². The first-order chi connectivity index (χ1) is 2.80. The molecule has 1 N–H and O–H groups in total. The first-order valence-electron chi connectivity index (χ1n) is 2.54. The third-order valence-corrected chi connectivity index (χ3v) is 1.62. The van der Waals surface area contributed by atoms with Crippen LogP contribution in [0.1, 0.15) is 13.8 Å². The van der Waals surface area contributed by atoms with Gasteiger partial charge in [0.25, 0.3) is 0 Å². The highest BCUT2D eigenvalue weighted by Crippen LogP contribution is 2.08. The maximum atomic E-state index is 3.26. The molecule has 1 nitrogen and oxygen atoms in total. The number of hydrogen-bond acceptors (Lipinski definition) is 1. The van der Waals surface area contributed by atoms with Crippen molar-refractivity contribution in [3.8, 4) is 0 Å². The van der Waals surface area contributed by atoms with Crippen LogP contribution in [0.3, 0.4) is 0 Å². The maximum Gasteiger partial charge on any atom is 0.00765 e. The standard InChI is InChI=1S/C5H11N/c1-4-3-6-5(4)2/h4-6H,3H2,1-2H3/t4?,5-/m0/s1. The normalized spacial score (nSPS) is 45.0. The molecule has 0 bridgehead atoms. The summed E-state index contributed by atoms with van der Waals surface area (Å²) in [4.78, 5) is 0. The number of hydrogen-bond donors (Lipinski definition) is 1. The highest BCUT2D eigenvalue weighted by molar-refractivity contribution is 4.79. The van der Waals surface area contributed by atoms with E-state index in [0.29, 0.717) is 0 Å². The van der Waals surface area contributed by atoms with Gasteiger partial charge < -0.3 is 5.32 Å². The van der Waals surface area contributed by atoms with Crippen molar-refractivity contribution in [1.82, 2.24) is 5.32 Å². The second-order valence-corrected chi connectivity index (χ2v) is 2.17. The molecular formula is C5H11N. The van der Waals surface area contributed by atoms with E-state index in [1.165, 1.54) is 6.54 Å². The maximum absolute atomic E-state index is 3.26. The van der Waals surface area contributed by atoms with Gasteiger partial charge in [0, 0.05) is 6.04 Å². The van der Waals surface area contributed by atoms with E-state index in [1.54, 1.807) is 0 Å². The van der Waals surface area contributed by atoms with E-state index in [1.807, 2.05) is 0 Å². The summed E-state index contributed by atoms with van der Waals surface area (Å²) in [6, 6.07) is 0.782. The van der Waals surface area contributed by atoms with E-state index < -0.39 is 0 Å². The minimum Gasteiger partial charge on any atom is -0.314 e. The highest BCUT2D eigenvalue weighted by atomic mass is 15.0. The lowest BCUT2D eigenvalue weighted by Gasteiger charge is -2.31. The Morgan fingerprint density at radius 3 is 2.00 bits per heavy atom. The van der Waals surface area contributed by atoms with Crippen molar-refractivity contribution < 1.29 is 0 Å². The van der Waals surface area contributed by atoms with Crippen LogP contribution in [0.25, 0.3) is 0 Å². The van der Waals surface area contributed by atoms with Crippen LogP contribution in [0.15, 0.2) is 0 Å². The van der Waals surface area contributed by atoms with E-state index in [0.717, 1.165) is 12.0 Å². The zero-order chi connectivity index (χ0) is 4.57. The van der Waals surface area contributed by atoms with Crippen LogP contribution in [0.2, 0.25) is 0 Å². The lowest BCUT2D eigenvalue weighted by Crippen LogP contribution is -2.49. The fourth-order valence-corrected chi connectivity index (χ4v) is 0.589. The van der Waals surface area contributed by atoms with Crippen molar-refractivity contribution in [2.24, 2.45) is 5.92 Å². The van der Waals surface area contributed by atoms with Gasteiger partial charge in [-0.25, -0.2) is 0 Å². The minimum atomic E-state index is 0.782. The number of nitrogens with one attached hydrogen (secondary N) is 1. The second kappa shape index (κ2) is 1.23. The zero-order valence-electron chi connectivity index (χ0n) is 4.36. The summed E-state index contributed by atoms with van der Waals surface area (Å²) in [6.07, 6.45) is 0. The SMILES string of the molecule is CC1CN[C@H]1C. The second-order valence-electron chi connectivity index (χ2n) is 2.17. The van der Waals surface area contributed by atoms with Gasteiger partial charge >= 0.3 is 0 Å². The summed E-state index contributed by atoms with van der Waals surface area (Å²) in [5.41, 5.74) is 0. The topological polar surface area (TPSA) is 12.0 Å². The van der Waals surface area contributed by atoms with Gasteiger partial charge in [0.2, 0.25) is 0 Å². The van der Waals surface area contributed by atoms with E-state index in [2.05, 4.69) is 19.2 Å². The van der Waals surface area contributed by atoms with Gasteiger partial charge in [-0.1, -0.05) is 6.92 Å². The molecule has 1 fully saturated rings. The predicted molar refractivity (Wildman–Crippen MR) is 26.6 cm³/mol. The van der Waals surface area contributed by atoms with Gasteiger partial charge in [0.05, 0.1) is 0 Å². The first kappa shape index (κ1) is 4.13. The van der Waals surface area contributed by atoms with Gasteiger partial charge in [-0.2, -0.15) is 0 Å². The molecule has 0 aromatic carbocycles. The van der Waals surface area contributed by atoms with Crippen LogP contribution in [0, 0.1) is 5.92 Å². The Bertz CT molecular complexity index is 43.9. The van der Waals surface area contributed by atoms with Gasteiger partial charge in [0.1, 0.15) is 0 Å². The largest absolute Gasteiger partial charge is 0.314 e. The first-order valence-corrected chi connectivity index (χ1v) is 2.54. The lowest BCUT2D eigenvalue weighted by atomic mass is 9.96. The molecule has 0 aromatic rings. The Morgan fingerprint density at radius 2 is 2.00 bits per heavy atom. The van der Waals surface area contributed by atoms with Crippen molar-refractivity contribution in [2.45, 2.75) is 19.9 Å². The van der Waals surface area contributed by atoms with Crippen LogP contribution < -0.4 is 5.32 Å². The average molecular weight is 85.1 g/mol. The van der Waals surface area contributed by atoms with Crippen molar-refractivity contribution in [1.29, 1.82) is 0 Å². The molecule has 1 heteroatoms. The number of rotatable bonds is 0. The molecule has 0 aliphatic carbocycles. The van der Waals surface area contributed by atoms with E-state index in [9.17, 15) is 0 Å². The molecule has 1 aliphatic rings. The highest BCUT2D eigenvalue weighted by Gasteiger charge is 2.19. The summed E-state index contributed by atoms with van der Waals surface area (Å²) in [5.74, 6) is 0.921. The quantitative estimate of drug-likeness (QED) is 0.454. The average Bonchev–Trinajstić information content (AvgIpc) is 1.61. The molecule has 0 amide bonds. The Morgan fingerprint density at radius 1 is 1.50 bits per heavy atom. The molecular weight excluding hydrogens is 74.1 g/mol.